The van der Waals surface area contributed by atoms with Gasteiger partial charge in [-0.25, -0.2) is 4.79 Å². The number of carbonyl (C=O) groups is 2. The number of halogens is 2. The third-order valence-electron chi connectivity index (χ3n) is 2.02. The molecule has 0 unspecified atom stereocenters. The van der Waals surface area contributed by atoms with Gasteiger partial charge in [-0.15, -0.1) is 0 Å². The van der Waals surface area contributed by atoms with Gasteiger partial charge in [0.05, 0.1) is 12.2 Å². The van der Waals surface area contributed by atoms with Gasteiger partial charge < -0.3 is 10.1 Å². The van der Waals surface area contributed by atoms with Crippen molar-refractivity contribution in [3.63, 3.8) is 0 Å². The molecule has 0 saturated carbocycles. The Hall–Kier alpha value is -1.98. The van der Waals surface area contributed by atoms with Gasteiger partial charge in [-0.05, 0) is 30.7 Å². The lowest BCUT2D eigenvalue weighted by molar-refractivity contribution is -0.126. The Morgan fingerprint density at radius 2 is 1.89 bits per heavy atom. The molecule has 1 aromatic rings. The van der Waals surface area contributed by atoms with E-state index in [-0.39, 0.29) is 5.69 Å². The van der Waals surface area contributed by atoms with Gasteiger partial charge in [0.25, 0.3) is 5.91 Å². The predicted octanol–water partition coefficient (Wildman–Crippen LogP) is 2.46. The third-order valence-corrected chi connectivity index (χ3v) is 2.02. The molecule has 0 spiro atoms. The largest absolute Gasteiger partial charge is 0.462 e. The number of amides is 1. The van der Waals surface area contributed by atoms with Crippen LogP contribution in [0.3, 0.4) is 0 Å². The van der Waals surface area contributed by atoms with Crippen molar-refractivity contribution in [1.82, 2.24) is 0 Å². The van der Waals surface area contributed by atoms with Crippen LogP contribution in [0.4, 0.5) is 14.5 Å². The number of esters is 1. The van der Waals surface area contributed by atoms with Crippen LogP contribution in [0.1, 0.15) is 23.7 Å². The van der Waals surface area contributed by atoms with E-state index < -0.39 is 18.3 Å². The van der Waals surface area contributed by atoms with Crippen LogP contribution in [-0.2, 0) is 9.53 Å². The molecule has 0 radical (unpaired) electrons. The number of hydrogen-bond acceptors (Lipinski definition) is 3. The highest BCUT2D eigenvalue weighted by atomic mass is 19.3. The van der Waals surface area contributed by atoms with Crippen molar-refractivity contribution in [3.05, 3.63) is 29.8 Å². The lowest BCUT2D eigenvalue weighted by Crippen LogP contribution is -2.20. The summed E-state index contributed by atoms with van der Waals surface area (Å²) in [7, 11) is 0. The molecule has 98 valence electrons. The van der Waals surface area contributed by atoms with E-state index in [1.165, 1.54) is 24.3 Å². The summed E-state index contributed by atoms with van der Waals surface area (Å²) in [5.74, 6) is -1.86. The minimum absolute atomic E-state index is 0.201. The smallest absolute Gasteiger partial charge is 0.338 e. The van der Waals surface area contributed by atoms with Gasteiger partial charge in [0.2, 0.25) is 0 Å². The van der Waals surface area contributed by atoms with E-state index in [0.29, 0.717) is 18.6 Å². The molecule has 0 bridgehead atoms. The van der Waals surface area contributed by atoms with Crippen LogP contribution >= 0.6 is 0 Å². The van der Waals surface area contributed by atoms with Gasteiger partial charge in [-0.2, -0.15) is 8.78 Å². The molecule has 0 atom stereocenters. The second-order valence-corrected chi connectivity index (χ2v) is 3.50. The van der Waals surface area contributed by atoms with E-state index in [0.717, 1.165) is 0 Å². The molecule has 6 heteroatoms. The van der Waals surface area contributed by atoms with Crippen LogP contribution in [0, 0.1) is 0 Å². The highest BCUT2D eigenvalue weighted by Gasteiger charge is 2.15. The molecule has 0 heterocycles. The minimum Gasteiger partial charge on any atom is -0.462 e. The highest BCUT2D eigenvalue weighted by molar-refractivity contribution is 5.94. The van der Waals surface area contributed by atoms with Gasteiger partial charge in [-0.3, -0.25) is 4.79 Å². The summed E-state index contributed by atoms with van der Waals surface area (Å²) in [6, 6.07) is 5.53. The van der Waals surface area contributed by atoms with Gasteiger partial charge in [0, 0.05) is 5.69 Å². The zero-order valence-corrected chi connectivity index (χ0v) is 9.78. The Balaban J connectivity index is 2.62. The summed E-state index contributed by atoms with van der Waals surface area (Å²) in [5, 5.41) is 2.01. The number of rotatable bonds is 5. The molecule has 1 aromatic carbocycles. The molecule has 0 aromatic heterocycles. The summed E-state index contributed by atoms with van der Waals surface area (Å²) in [6.07, 6.45) is -2.35. The summed E-state index contributed by atoms with van der Waals surface area (Å²) < 4.78 is 28.8. The standard InChI is InChI=1S/C12H13F2NO3/c1-2-7-18-12(17)8-3-5-9(6-4-8)15-11(16)10(13)14/h3-6,10H,2,7H2,1H3,(H,15,16). The van der Waals surface area contributed by atoms with Crippen LogP contribution in [0.25, 0.3) is 0 Å². The zero-order chi connectivity index (χ0) is 13.5. The zero-order valence-electron chi connectivity index (χ0n) is 9.78. The van der Waals surface area contributed by atoms with Crippen molar-refractivity contribution < 1.29 is 23.1 Å². The predicted molar refractivity (Wildman–Crippen MR) is 61.6 cm³/mol. The fraction of sp³-hybridized carbons (Fsp3) is 0.333. The van der Waals surface area contributed by atoms with Crippen molar-refractivity contribution in [2.24, 2.45) is 0 Å². The van der Waals surface area contributed by atoms with Crippen LogP contribution in [0.2, 0.25) is 0 Å². The molecule has 1 rings (SSSR count). The van der Waals surface area contributed by atoms with E-state index in [9.17, 15) is 18.4 Å². The Morgan fingerprint density at radius 3 is 2.39 bits per heavy atom. The van der Waals surface area contributed by atoms with Gasteiger partial charge >= 0.3 is 12.4 Å². The van der Waals surface area contributed by atoms with Crippen LogP contribution in [0.15, 0.2) is 24.3 Å². The number of nitrogens with one attached hydrogen (secondary N) is 1. The Labute approximate surface area is 103 Å². The fourth-order valence-electron chi connectivity index (χ4n) is 1.16. The van der Waals surface area contributed by atoms with Crippen LogP contribution < -0.4 is 5.32 Å². The topological polar surface area (TPSA) is 55.4 Å². The Morgan fingerprint density at radius 1 is 1.28 bits per heavy atom. The Kier molecular flexibility index (Phi) is 5.23. The summed E-state index contributed by atoms with van der Waals surface area (Å²) in [6.45, 7) is 2.19. The lowest BCUT2D eigenvalue weighted by atomic mass is 10.2. The van der Waals surface area contributed by atoms with Crippen molar-refractivity contribution in [2.45, 2.75) is 19.8 Å². The molecule has 0 aliphatic carbocycles. The average Bonchev–Trinajstić information content (AvgIpc) is 2.36. The second kappa shape index (κ2) is 6.68. The number of hydrogen-bond donors (Lipinski definition) is 1. The molecule has 18 heavy (non-hydrogen) atoms. The van der Waals surface area contributed by atoms with Crippen molar-refractivity contribution in [3.8, 4) is 0 Å². The first-order chi connectivity index (χ1) is 8.54. The third kappa shape index (κ3) is 4.12. The molecule has 0 aliphatic heterocycles. The SMILES string of the molecule is CCCOC(=O)c1ccc(NC(=O)C(F)F)cc1. The number of carbonyl (C=O) groups excluding carboxylic acids is 2. The first-order valence-electron chi connectivity index (χ1n) is 5.40. The molecule has 0 saturated heterocycles. The van der Waals surface area contributed by atoms with E-state index >= 15 is 0 Å². The van der Waals surface area contributed by atoms with E-state index in [4.69, 9.17) is 4.74 Å². The molecular formula is C12H13F2NO3. The maximum absolute atomic E-state index is 12.0. The lowest BCUT2D eigenvalue weighted by Gasteiger charge is -2.06. The molecular weight excluding hydrogens is 244 g/mol. The number of benzene rings is 1. The van der Waals surface area contributed by atoms with E-state index in [1.54, 1.807) is 0 Å². The fourth-order valence-corrected chi connectivity index (χ4v) is 1.16. The molecule has 0 fully saturated rings. The van der Waals surface area contributed by atoms with E-state index in [1.807, 2.05) is 12.2 Å². The van der Waals surface area contributed by atoms with Crippen LogP contribution in [0.5, 0.6) is 0 Å². The van der Waals surface area contributed by atoms with Crippen molar-refractivity contribution in [1.29, 1.82) is 0 Å². The Bertz CT molecular complexity index is 418. The molecule has 4 nitrogen and oxygen atoms in total. The van der Waals surface area contributed by atoms with Gasteiger partial charge in [0.1, 0.15) is 0 Å². The van der Waals surface area contributed by atoms with Crippen LogP contribution in [-0.4, -0.2) is 24.9 Å². The molecule has 1 N–H and O–H groups in total. The van der Waals surface area contributed by atoms with Gasteiger partial charge in [-0.1, -0.05) is 6.92 Å². The minimum atomic E-state index is -3.07. The summed E-state index contributed by atoms with van der Waals surface area (Å²) in [5.41, 5.74) is 0.505. The molecule has 1 amide bonds. The number of ether oxygens (including phenoxy) is 1. The molecule has 0 aliphatic rings. The highest BCUT2D eigenvalue weighted by Crippen LogP contribution is 2.11. The summed E-state index contributed by atoms with van der Waals surface area (Å²) >= 11 is 0. The number of anilines is 1. The summed E-state index contributed by atoms with van der Waals surface area (Å²) in [4.78, 5) is 22.1. The van der Waals surface area contributed by atoms with E-state index in [2.05, 4.69) is 0 Å². The maximum atomic E-state index is 12.0. The monoisotopic (exact) mass is 257 g/mol. The second-order valence-electron chi connectivity index (χ2n) is 3.50. The first-order valence-corrected chi connectivity index (χ1v) is 5.40. The first kappa shape index (κ1) is 14.1. The van der Waals surface area contributed by atoms with Crippen molar-refractivity contribution in [2.75, 3.05) is 11.9 Å². The maximum Gasteiger partial charge on any atom is 0.338 e. The average molecular weight is 257 g/mol. The quantitative estimate of drug-likeness (QED) is 0.824. The van der Waals surface area contributed by atoms with Gasteiger partial charge in [0.15, 0.2) is 0 Å². The number of alkyl halides is 2. The van der Waals surface area contributed by atoms with Crippen molar-refractivity contribution >= 4 is 17.6 Å². The normalized spacial score (nSPS) is 10.2.